The van der Waals surface area contributed by atoms with Gasteiger partial charge in [-0.3, -0.25) is 0 Å². The lowest BCUT2D eigenvalue weighted by atomic mass is 9.33. The van der Waals surface area contributed by atoms with Gasteiger partial charge in [0, 0.05) is 89.6 Å². The van der Waals surface area contributed by atoms with Crippen LogP contribution < -0.4 is 36.0 Å². The molecule has 0 N–H and O–H groups in total. The number of nitrogens with zero attached hydrogens (tertiary/aromatic N) is 4. The van der Waals surface area contributed by atoms with Crippen molar-refractivity contribution in [1.29, 1.82) is 0 Å². The van der Waals surface area contributed by atoms with Crippen LogP contribution in [0.4, 0.5) is 56.9 Å². The maximum atomic E-state index is 7.08. The molecule has 9 aromatic carbocycles. The zero-order valence-electron chi connectivity index (χ0n) is 48.6. The van der Waals surface area contributed by atoms with Crippen LogP contribution >= 0.6 is 0 Å². The molecule has 0 bridgehead atoms. The summed E-state index contributed by atoms with van der Waals surface area (Å²) in [7, 11) is 0. The normalized spacial score (nSPS) is 23.3. The summed E-state index contributed by atoms with van der Waals surface area (Å²) in [6, 6.07) is 67.4. The molecular formula is C75H69BN4O2. The van der Waals surface area contributed by atoms with Gasteiger partial charge in [0.15, 0.2) is 5.58 Å². The fourth-order valence-electron chi connectivity index (χ4n) is 17.4. The van der Waals surface area contributed by atoms with Crippen LogP contribution in [0.15, 0.2) is 185 Å². The van der Waals surface area contributed by atoms with E-state index in [1.165, 1.54) is 123 Å². The quantitative estimate of drug-likeness (QED) is 0.164. The Kier molecular flexibility index (Phi) is 9.78. The Morgan fingerprint density at radius 3 is 1.65 bits per heavy atom. The number of benzene rings is 9. The second-order valence-electron chi connectivity index (χ2n) is 27.1. The molecule has 0 radical (unpaired) electrons. The standard InChI is InChI=1S/C75H69BN4O2/c1-46-40-64-69-65(41-46)78(61-25-19-22-54-52-21-10-14-27-67(52)82-70(54)61)63-44-50(80-60-35-28-47(71(2,3)4)42-56(60)73(6)37-16-18-39-75(73,80)8)31-34-58(63)76(69)57-33-30-49(79-59-24-12-11-23-55(59)72(5)36-15-17-38-74(72,79)7)43-62(57)77(64)48-29-32-53-51-20-9-13-26-66(51)81-68(53)45-48/h9-14,19-35,40-45H,15-18,36-39H2,1-8H3. The highest BCUT2D eigenvalue weighted by Crippen LogP contribution is 2.63. The van der Waals surface area contributed by atoms with E-state index in [1.807, 2.05) is 0 Å². The molecule has 7 heteroatoms. The summed E-state index contributed by atoms with van der Waals surface area (Å²) in [5.41, 5.74) is 24.8. The van der Waals surface area contributed by atoms with Crippen LogP contribution in [0.3, 0.4) is 0 Å². The van der Waals surface area contributed by atoms with Crippen LogP contribution in [0.2, 0.25) is 0 Å². The number of anilines is 10. The van der Waals surface area contributed by atoms with Crippen molar-refractivity contribution >= 4 is 124 Å². The van der Waals surface area contributed by atoms with Gasteiger partial charge in [-0.2, -0.15) is 0 Å². The van der Waals surface area contributed by atoms with Crippen LogP contribution in [0, 0.1) is 6.92 Å². The topological polar surface area (TPSA) is 39.2 Å². The number of fused-ring (bicyclic) bond motifs is 16. The first-order valence-corrected chi connectivity index (χ1v) is 30.4. The summed E-state index contributed by atoms with van der Waals surface area (Å²) in [6.45, 7) is 19.5. The molecule has 6 aliphatic rings. The number of furan rings is 2. The lowest BCUT2D eigenvalue weighted by Gasteiger charge is -2.51. The van der Waals surface area contributed by atoms with Crippen molar-refractivity contribution in [3.63, 3.8) is 0 Å². The predicted octanol–water partition coefficient (Wildman–Crippen LogP) is 18.7. The van der Waals surface area contributed by atoms with Crippen molar-refractivity contribution < 1.29 is 8.83 Å². The van der Waals surface area contributed by atoms with Crippen molar-refractivity contribution in [2.24, 2.45) is 0 Å². The van der Waals surface area contributed by atoms with Gasteiger partial charge in [0.2, 0.25) is 0 Å². The molecule has 2 fully saturated rings. The zero-order valence-corrected chi connectivity index (χ0v) is 48.6. The summed E-state index contributed by atoms with van der Waals surface area (Å²) in [5.74, 6) is 0. The van der Waals surface area contributed by atoms with Gasteiger partial charge in [-0.15, -0.1) is 0 Å². The molecule has 0 saturated heterocycles. The average Bonchev–Trinajstić information content (AvgIpc) is 1.80. The summed E-state index contributed by atoms with van der Waals surface area (Å²) < 4.78 is 13.8. The van der Waals surface area contributed by atoms with E-state index in [1.54, 1.807) is 0 Å². The fraction of sp³-hybridized carbons (Fsp3) is 0.280. The SMILES string of the molecule is Cc1cc2c3c(c1)N(c1cccc4c1oc1ccccc14)c1cc(N4c5ccc(C(C)(C)C)cc5C5(C)CCCCC45C)ccc1B3c1ccc(N3c4ccccc4C4(C)CCCCC34C)cc1N2c1ccc2c(c1)oc1ccccc12. The lowest BCUT2D eigenvalue weighted by molar-refractivity contribution is 0.195. The Hall–Kier alpha value is -8.16. The third kappa shape index (κ3) is 6.22. The third-order valence-electron chi connectivity index (χ3n) is 21.9. The lowest BCUT2D eigenvalue weighted by Crippen LogP contribution is -2.61. The van der Waals surface area contributed by atoms with E-state index in [9.17, 15) is 0 Å². The molecule has 4 aliphatic heterocycles. The number of para-hydroxylation sites is 4. The molecule has 4 atom stereocenters. The molecule has 0 spiro atoms. The van der Waals surface area contributed by atoms with Crippen molar-refractivity contribution in [3.05, 3.63) is 198 Å². The van der Waals surface area contributed by atoms with E-state index >= 15 is 0 Å². The van der Waals surface area contributed by atoms with Gasteiger partial charge in [-0.1, -0.05) is 151 Å². The molecule has 404 valence electrons. The minimum absolute atomic E-state index is 0.0193. The van der Waals surface area contributed by atoms with Crippen molar-refractivity contribution in [2.45, 2.75) is 134 Å². The van der Waals surface area contributed by atoms with Gasteiger partial charge in [0.25, 0.3) is 6.71 Å². The molecule has 4 unspecified atom stereocenters. The zero-order chi connectivity index (χ0) is 55.4. The highest BCUT2D eigenvalue weighted by atomic mass is 16.3. The molecule has 17 rings (SSSR count). The number of hydrogen-bond acceptors (Lipinski definition) is 6. The molecule has 0 amide bonds. The first-order valence-electron chi connectivity index (χ1n) is 30.4. The van der Waals surface area contributed by atoms with Crippen LogP contribution in [0.25, 0.3) is 43.9 Å². The van der Waals surface area contributed by atoms with Crippen LogP contribution in [-0.4, -0.2) is 17.8 Å². The smallest absolute Gasteiger partial charge is 0.252 e. The van der Waals surface area contributed by atoms with Gasteiger partial charge in [-0.25, -0.2) is 0 Å². The Morgan fingerprint density at radius 2 is 0.951 bits per heavy atom. The van der Waals surface area contributed by atoms with E-state index in [2.05, 4.69) is 251 Å². The molecule has 2 aromatic heterocycles. The molecular weight excluding hydrogens is 1000 g/mol. The Bertz CT molecular complexity index is 4560. The van der Waals surface area contributed by atoms with Crippen molar-refractivity contribution in [1.82, 2.24) is 0 Å². The summed E-state index contributed by atoms with van der Waals surface area (Å²) in [5, 5.41) is 4.51. The summed E-state index contributed by atoms with van der Waals surface area (Å²) in [4.78, 5) is 10.7. The van der Waals surface area contributed by atoms with E-state index in [0.29, 0.717) is 0 Å². The third-order valence-corrected chi connectivity index (χ3v) is 21.9. The second-order valence-corrected chi connectivity index (χ2v) is 27.1. The van der Waals surface area contributed by atoms with E-state index < -0.39 is 0 Å². The molecule has 82 heavy (non-hydrogen) atoms. The Labute approximate surface area is 482 Å². The molecule has 11 aromatic rings. The van der Waals surface area contributed by atoms with Gasteiger partial charge >= 0.3 is 0 Å². The monoisotopic (exact) mass is 1070 g/mol. The van der Waals surface area contributed by atoms with Gasteiger partial charge in [0.1, 0.15) is 16.7 Å². The number of rotatable bonds is 4. The Balaban J connectivity index is 0.943. The Morgan fingerprint density at radius 1 is 0.415 bits per heavy atom. The molecule has 6 nitrogen and oxygen atoms in total. The maximum absolute atomic E-state index is 7.08. The fourth-order valence-corrected chi connectivity index (χ4v) is 17.4. The minimum Gasteiger partial charge on any atom is -0.456 e. The van der Waals surface area contributed by atoms with Crippen LogP contribution in [0.5, 0.6) is 0 Å². The summed E-state index contributed by atoms with van der Waals surface area (Å²) >= 11 is 0. The molecule has 2 aliphatic carbocycles. The molecule has 2 saturated carbocycles. The molecule has 6 heterocycles. The van der Waals surface area contributed by atoms with Gasteiger partial charge in [0.05, 0.1) is 16.8 Å². The largest absolute Gasteiger partial charge is 0.456 e. The van der Waals surface area contributed by atoms with Crippen molar-refractivity contribution in [3.8, 4) is 0 Å². The predicted molar refractivity (Wildman–Crippen MR) is 344 cm³/mol. The first kappa shape index (κ1) is 48.5. The van der Waals surface area contributed by atoms with Gasteiger partial charge < -0.3 is 28.4 Å². The van der Waals surface area contributed by atoms with E-state index in [-0.39, 0.29) is 34.0 Å². The first-order chi connectivity index (χ1) is 39.7. The van der Waals surface area contributed by atoms with E-state index in [0.717, 1.165) is 68.1 Å². The average molecular weight is 1070 g/mol. The summed E-state index contributed by atoms with van der Waals surface area (Å²) in [6.07, 6.45) is 9.54. The van der Waals surface area contributed by atoms with Crippen LogP contribution in [-0.2, 0) is 16.2 Å². The maximum Gasteiger partial charge on any atom is 0.252 e. The number of hydrogen-bond donors (Lipinski definition) is 0. The van der Waals surface area contributed by atoms with Crippen molar-refractivity contribution in [2.75, 3.05) is 19.6 Å². The minimum atomic E-state index is -0.132. The van der Waals surface area contributed by atoms with Crippen LogP contribution in [0.1, 0.15) is 122 Å². The highest BCUT2D eigenvalue weighted by molar-refractivity contribution is 7.00. The van der Waals surface area contributed by atoms with E-state index in [4.69, 9.17) is 8.83 Å². The highest BCUT2D eigenvalue weighted by Gasteiger charge is 2.60. The second kappa shape index (κ2) is 16.5. The number of aryl methyl sites for hydroxylation is 1. The van der Waals surface area contributed by atoms with Gasteiger partial charge in [-0.05, 0) is 169 Å².